The van der Waals surface area contributed by atoms with Gasteiger partial charge < -0.3 is 10.1 Å². The molecule has 1 aliphatic heterocycles. The van der Waals surface area contributed by atoms with Crippen LogP contribution in [0.1, 0.15) is 32.6 Å². The van der Waals surface area contributed by atoms with Crippen LogP contribution in [0.3, 0.4) is 0 Å². The van der Waals surface area contributed by atoms with Crippen LogP contribution in [0.25, 0.3) is 0 Å². The summed E-state index contributed by atoms with van der Waals surface area (Å²) in [4.78, 5) is 11.4. The summed E-state index contributed by atoms with van der Waals surface area (Å²) in [5, 5.41) is 2.92. The topological polar surface area (TPSA) is 38.3 Å². The van der Waals surface area contributed by atoms with Crippen LogP contribution in [0.15, 0.2) is 0 Å². The minimum atomic E-state index is 0.145. The molecule has 1 heterocycles. The largest absolute Gasteiger partial charge is 0.376 e. The second-order valence-electron chi connectivity index (χ2n) is 3.85. The molecule has 0 aromatic rings. The van der Waals surface area contributed by atoms with Crippen LogP contribution in [0.4, 0.5) is 0 Å². The van der Waals surface area contributed by atoms with Gasteiger partial charge in [-0.15, -0.1) is 0 Å². The fraction of sp³-hybridized carbons (Fsp3) is 0.909. The van der Waals surface area contributed by atoms with E-state index >= 15 is 0 Å². The zero-order valence-electron chi connectivity index (χ0n) is 9.46. The molecular weight excluding hydrogens is 210 g/mol. The van der Waals surface area contributed by atoms with E-state index in [9.17, 15) is 4.79 Å². The van der Waals surface area contributed by atoms with Crippen molar-refractivity contribution >= 4 is 17.7 Å². The second-order valence-corrected chi connectivity index (χ2v) is 4.95. The Labute approximate surface area is 96.3 Å². The maximum atomic E-state index is 11.4. The van der Waals surface area contributed by atoms with Gasteiger partial charge in [-0.05, 0) is 25.0 Å². The molecule has 4 heteroatoms. The maximum absolute atomic E-state index is 11.4. The number of hydrogen-bond acceptors (Lipinski definition) is 3. The second kappa shape index (κ2) is 7.99. The molecule has 0 radical (unpaired) electrons. The number of amides is 1. The highest BCUT2D eigenvalue weighted by molar-refractivity contribution is 7.99. The molecule has 0 bridgehead atoms. The lowest BCUT2D eigenvalue weighted by Crippen LogP contribution is -2.32. The van der Waals surface area contributed by atoms with Crippen LogP contribution < -0.4 is 5.32 Å². The number of unbranched alkanes of at least 4 members (excludes halogenated alkanes) is 1. The van der Waals surface area contributed by atoms with Crippen molar-refractivity contribution in [1.82, 2.24) is 5.32 Å². The summed E-state index contributed by atoms with van der Waals surface area (Å²) in [6.07, 6.45) is 4.87. The van der Waals surface area contributed by atoms with E-state index in [0.717, 1.165) is 25.2 Å². The molecule has 3 nitrogen and oxygen atoms in total. The van der Waals surface area contributed by atoms with Crippen molar-refractivity contribution in [3.8, 4) is 0 Å². The average Bonchev–Trinajstić information content (AvgIpc) is 2.74. The van der Waals surface area contributed by atoms with Crippen molar-refractivity contribution in [2.24, 2.45) is 0 Å². The van der Waals surface area contributed by atoms with E-state index in [1.54, 1.807) is 11.8 Å². The predicted molar refractivity (Wildman–Crippen MR) is 64.2 cm³/mol. The maximum Gasteiger partial charge on any atom is 0.230 e. The first-order chi connectivity index (χ1) is 7.33. The van der Waals surface area contributed by atoms with Crippen molar-refractivity contribution in [3.63, 3.8) is 0 Å². The predicted octanol–water partition coefficient (Wildman–Crippen LogP) is 1.81. The number of carbonyl (C=O) groups is 1. The summed E-state index contributed by atoms with van der Waals surface area (Å²) >= 11 is 1.72. The molecule has 0 aliphatic carbocycles. The van der Waals surface area contributed by atoms with Crippen LogP contribution in [0, 0.1) is 0 Å². The highest BCUT2D eigenvalue weighted by atomic mass is 32.2. The van der Waals surface area contributed by atoms with Gasteiger partial charge in [0.15, 0.2) is 0 Å². The molecule has 0 aromatic heterocycles. The molecule has 0 aromatic carbocycles. The van der Waals surface area contributed by atoms with Crippen LogP contribution in [0.5, 0.6) is 0 Å². The number of ether oxygens (including phenoxy) is 1. The zero-order chi connectivity index (χ0) is 10.9. The molecule has 1 fully saturated rings. The summed E-state index contributed by atoms with van der Waals surface area (Å²) in [5.41, 5.74) is 0. The molecule has 0 saturated carbocycles. The molecule has 1 N–H and O–H groups in total. The van der Waals surface area contributed by atoms with Gasteiger partial charge in [0.2, 0.25) is 5.91 Å². The first-order valence-corrected chi connectivity index (χ1v) is 6.94. The van der Waals surface area contributed by atoms with Crippen LogP contribution in [-0.2, 0) is 9.53 Å². The lowest BCUT2D eigenvalue weighted by atomic mass is 10.2. The van der Waals surface area contributed by atoms with Crippen molar-refractivity contribution in [2.75, 3.05) is 24.7 Å². The summed E-state index contributed by atoms with van der Waals surface area (Å²) in [6, 6.07) is 0. The van der Waals surface area contributed by atoms with Gasteiger partial charge in [0.1, 0.15) is 0 Å². The number of nitrogens with one attached hydrogen (secondary N) is 1. The Morgan fingerprint density at radius 1 is 1.60 bits per heavy atom. The third-order valence-electron chi connectivity index (χ3n) is 2.43. The Hall–Kier alpha value is -0.220. The monoisotopic (exact) mass is 231 g/mol. The van der Waals surface area contributed by atoms with E-state index in [2.05, 4.69) is 12.2 Å². The van der Waals surface area contributed by atoms with Crippen molar-refractivity contribution in [1.29, 1.82) is 0 Å². The number of thioether (sulfide) groups is 1. The van der Waals surface area contributed by atoms with Gasteiger partial charge in [-0.2, -0.15) is 11.8 Å². The molecular formula is C11H21NO2S. The molecule has 1 atom stereocenters. The lowest BCUT2D eigenvalue weighted by Gasteiger charge is -2.10. The van der Waals surface area contributed by atoms with Gasteiger partial charge in [0, 0.05) is 13.2 Å². The molecule has 1 saturated heterocycles. The van der Waals surface area contributed by atoms with Crippen molar-refractivity contribution < 1.29 is 9.53 Å². The highest BCUT2D eigenvalue weighted by Gasteiger charge is 2.15. The van der Waals surface area contributed by atoms with Gasteiger partial charge in [0.25, 0.3) is 0 Å². The Balaban J connectivity index is 1.93. The summed E-state index contributed by atoms with van der Waals surface area (Å²) in [6.45, 7) is 3.71. The van der Waals surface area contributed by atoms with E-state index in [4.69, 9.17) is 4.74 Å². The Kier molecular flexibility index (Phi) is 6.85. The quantitative estimate of drug-likeness (QED) is 0.679. The Bertz CT molecular complexity index is 181. The Morgan fingerprint density at radius 3 is 3.13 bits per heavy atom. The van der Waals surface area contributed by atoms with E-state index in [0.29, 0.717) is 12.3 Å². The third kappa shape index (κ3) is 6.05. The minimum absolute atomic E-state index is 0.145. The molecule has 1 amide bonds. The molecule has 1 unspecified atom stereocenters. The van der Waals surface area contributed by atoms with E-state index in [-0.39, 0.29) is 12.0 Å². The standard InChI is InChI=1S/C11H21NO2S/c1-2-3-7-15-9-11(13)12-8-10-5-4-6-14-10/h10H,2-9H2,1H3,(H,12,13). The lowest BCUT2D eigenvalue weighted by molar-refractivity contribution is -0.119. The minimum Gasteiger partial charge on any atom is -0.376 e. The van der Waals surface area contributed by atoms with Gasteiger partial charge >= 0.3 is 0 Å². The Morgan fingerprint density at radius 2 is 2.47 bits per heavy atom. The van der Waals surface area contributed by atoms with Gasteiger partial charge in [-0.3, -0.25) is 4.79 Å². The van der Waals surface area contributed by atoms with Crippen molar-refractivity contribution in [2.45, 2.75) is 38.7 Å². The average molecular weight is 231 g/mol. The highest BCUT2D eigenvalue weighted by Crippen LogP contribution is 2.10. The van der Waals surface area contributed by atoms with Gasteiger partial charge in [-0.25, -0.2) is 0 Å². The van der Waals surface area contributed by atoms with E-state index in [1.807, 2.05) is 0 Å². The molecule has 0 spiro atoms. The van der Waals surface area contributed by atoms with Crippen LogP contribution in [-0.4, -0.2) is 36.7 Å². The smallest absolute Gasteiger partial charge is 0.230 e. The van der Waals surface area contributed by atoms with Gasteiger partial charge in [-0.1, -0.05) is 13.3 Å². The fourth-order valence-electron chi connectivity index (χ4n) is 1.50. The zero-order valence-corrected chi connectivity index (χ0v) is 10.3. The fourth-order valence-corrected chi connectivity index (χ4v) is 2.42. The first kappa shape index (κ1) is 12.8. The van der Waals surface area contributed by atoms with Crippen LogP contribution >= 0.6 is 11.8 Å². The van der Waals surface area contributed by atoms with Crippen molar-refractivity contribution in [3.05, 3.63) is 0 Å². The molecule has 15 heavy (non-hydrogen) atoms. The normalized spacial score (nSPS) is 20.5. The molecule has 1 aliphatic rings. The SMILES string of the molecule is CCCCSCC(=O)NCC1CCCO1. The van der Waals surface area contributed by atoms with E-state index in [1.165, 1.54) is 12.8 Å². The van der Waals surface area contributed by atoms with E-state index < -0.39 is 0 Å². The van der Waals surface area contributed by atoms with Gasteiger partial charge in [0.05, 0.1) is 11.9 Å². The van der Waals surface area contributed by atoms with Crippen LogP contribution in [0.2, 0.25) is 0 Å². The molecule has 1 rings (SSSR count). The summed E-state index contributed by atoms with van der Waals surface area (Å²) < 4.78 is 5.42. The number of hydrogen-bond donors (Lipinski definition) is 1. The first-order valence-electron chi connectivity index (χ1n) is 5.79. The summed E-state index contributed by atoms with van der Waals surface area (Å²) in [7, 11) is 0. The molecule has 88 valence electrons. The number of carbonyl (C=O) groups excluding carboxylic acids is 1. The number of rotatable bonds is 7. The third-order valence-corrected chi connectivity index (χ3v) is 3.47. The summed E-state index contributed by atoms with van der Waals surface area (Å²) in [5.74, 6) is 1.82.